The molecule has 0 bridgehead atoms. The van der Waals surface area contributed by atoms with Gasteiger partial charge in [-0.25, -0.2) is 0 Å². The van der Waals surface area contributed by atoms with Crippen molar-refractivity contribution in [2.45, 2.75) is 37.9 Å². The molecular formula is C29H38O7. The van der Waals surface area contributed by atoms with Crippen molar-refractivity contribution in [2.24, 2.45) is 0 Å². The van der Waals surface area contributed by atoms with Gasteiger partial charge in [-0.15, -0.1) is 13.2 Å². The molecule has 0 fully saturated rings. The molecule has 2 rings (SSSR count). The quantitative estimate of drug-likeness (QED) is 0.239. The van der Waals surface area contributed by atoms with E-state index in [1.807, 2.05) is 0 Å². The van der Waals surface area contributed by atoms with E-state index in [4.69, 9.17) is 18.9 Å². The van der Waals surface area contributed by atoms with E-state index in [1.165, 1.54) is 13.8 Å². The zero-order chi connectivity index (χ0) is 26.4. The van der Waals surface area contributed by atoms with E-state index in [-0.39, 0.29) is 12.8 Å². The summed E-state index contributed by atoms with van der Waals surface area (Å²) in [5.74, 6) is 0.681. The van der Waals surface area contributed by atoms with Gasteiger partial charge in [0.15, 0.2) is 5.78 Å². The van der Waals surface area contributed by atoms with Gasteiger partial charge in [-0.2, -0.15) is 0 Å². The zero-order valence-corrected chi connectivity index (χ0v) is 21.3. The maximum absolute atomic E-state index is 13.1. The van der Waals surface area contributed by atoms with Gasteiger partial charge in [-0.3, -0.25) is 4.79 Å². The van der Waals surface area contributed by atoms with Crippen LogP contribution in [0.4, 0.5) is 0 Å². The van der Waals surface area contributed by atoms with E-state index in [0.717, 1.165) is 11.1 Å². The van der Waals surface area contributed by atoms with Gasteiger partial charge >= 0.3 is 0 Å². The number of aliphatic hydroxyl groups is 2. The molecule has 2 aromatic carbocycles. The van der Waals surface area contributed by atoms with E-state index < -0.39 is 17.0 Å². The number of ketones is 1. The minimum Gasteiger partial charge on any atom is -0.491 e. The van der Waals surface area contributed by atoms with Crippen LogP contribution >= 0.6 is 0 Å². The van der Waals surface area contributed by atoms with E-state index in [0.29, 0.717) is 51.1 Å². The Morgan fingerprint density at radius 2 is 1.08 bits per heavy atom. The van der Waals surface area contributed by atoms with E-state index in [9.17, 15) is 15.0 Å². The molecule has 36 heavy (non-hydrogen) atoms. The number of rotatable bonds is 18. The predicted octanol–water partition coefficient (Wildman–Crippen LogP) is 3.71. The van der Waals surface area contributed by atoms with E-state index >= 15 is 0 Å². The molecule has 0 aliphatic heterocycles. The normalized spacial score (nSPS) is 14.3. The summed E-state index contributed by atoms with van der Waals surface area (Å²) in [6.45, 7) is 12.7. The van der Waals surface area contributed by atoms with Crippen LogP contribution in [0.25, 0.3) is 0 Å². The molecule has 0 spiro atoms. The number of carbonyl (C=O) groups excluding carboxylic acids is 1. The van der Waals surface area contributed by atoms with Crippen molar-refractivity contribution in [1.82, 2.24) is 0 Å². The van der Waals surface area contributed by atoms with Crippen LogP contribution in [0.15, 0.2) is 73.8 Å². The van der Waals surface area contributed by atoms with Crippen LogP contribution in [-0.2, 0) is 27.1 Å². The third-order valence-corrected chi connectivity index (χ3v) is 5.39. The van der Waals surface area contributed by atoms with Crippen LogP contribution in [0.1, 0.15) is 25.0 Å². The Balaban J connectivity index is 1.89. The van der Waals surface area contributed by atoms with Gasteiger partial charge in [0.2, 0.25) is 0 Å². The molecule has 0 radical (unpaired) electrons. The molecule has 7 nitrogen and oxygen atoms in total. The van der Waals surface area contributed by atoms with Crippen LogP contribution < -0.4 is 9.47 Å². The first-order valence-electron chi connectivity index (χ1n) is 12.0. The standard InChI is InChI=1S/C29H38O7/c1-5-15-33-17-19-35-25-11-7-23(8-12-25)21-28(3,31)27(30)29(4,32)22-24-9-13-26(14-10-24)36-20-18-34-16-6-2/h5-14,31-32H,1-2,15-22H2,3-4H3. The molecular weight excluding hydrogens is 460 g/mol. The van der Waals surface area contributed by atoms with Gasteiger partial charge in [-0.05, 0) is 49.2 Å². The van der Waals surface area contributed by atoms with Gasteiger partial charge in [0.1, 0.15) is 35.9 Å². The summed E-state index contributed by atoms with van der Waals surface area (Å²) in [6, 6.07) is 14.3. The van der Waals surface area contributed by atoms with Crippen LogP contribution in [-0.4, -0.2) is 66.8 Å². The van der Waals surface area contributed by atoms with Crippen molar-refractivity contribution in [3.63, 3.8) is 0 Å². The third kappa shape index (κ3) is 9.95. The highest BCUT2D eigenvalue weighted by Crippen LogP contribution is 2.26. The summed E-state index contributed by atoms with van der Waals surface area (Å²) in [5.41, 5.74) is -2.01. The maximum atomic E-state index is 13.1. The first kappa shape index (κ1) is 29.3. The highest BCUT2D eigenvalue weighted by atomic mass is 16.5. The Bertz CT molecular complexity index is 869. The first-order chi connectivity index (χ1) is 17.2. The molecule has 7 heteroatoms. The summed E-state index contributed by atoms with van der Waals surface area (Å²) in [7, 11) is 0. The average molecular weight is 499 g/mol. The Hall–Kier alpha value is -2.97. The SMILES string of the molecule is C=CCOCCOc1ccc(CC(C)(O)C(=O)C(C)(O)Cc2ccc(OCCOCC=C)cc2)cc1. The minimum absolute atomic E-state index is 0.0609. The number of benzene rings is 2. The fourth-order valence-electron chi connectivity index (χ4n) is 3.71. The van der Waals surface area contributed by atoms with Gasteiger partial charge in [0.25, 0.3) is 0 Å². The minimum atomic E-state index is -1.75. The summed E-state index contributed by atoms with van der Waals surface area (Å²) < 4.78 is 21.8. The number of hydrogen-bond donors (Lipinski definition) is 2. The van der Waals surface area contributed by atoms with E-state index in [2.05, 4.69) is 13.2 Å². The molecule has 2 aromatic rings. The van der Waals surface area contributed by atoms with Crippen LogP contribution in [0, 0.1) is 0 Å². The fourth-order valence-corrected chi connectivity index (χ4v) is 3.71. The second-order valence-corrected chi connectivity index (χ2v) is 8.94. The Labute approximate surface area is 214 Å². The molecule has 196 valence electrons. The average Bonchev–Trinajstić information content (AvgIpc) is 2.85. The van der Waals surface area contributed by atoms with Crippen molar-refractivity contribution < 1.29 is 34.0 Å². The lowest BCUT2D eigenvalue weighted by molar-refractivity contribution is -0.153. The fraction of sp³-hybridized carbons (Fsp3) is 0.414. The predicted molar refractivity (Wildman–Crippen MR) is 140 cm³/mol. The van der Waals surface area contributed by atoms with Crippen molar-refractivity contribution in [3.8, 4) is 11.5 Å². The van der Waals surface area contributed by atoms with Crippen LogP contribution in [0.3, 0.4) is 0 Å². The molecule has 2 unspecified atom stereocenters. The molecule has 2 N–H and O–H groups in total. The molecule has 0 amide bonds. The second-order valence-electron chi connectivity index (χ2n) is 8.94. The molecule has 2 atom stereocenters. The molecule has 0 aromatic heterocycles. The highest BCUT2D eigenvalue weighted by molar-refractivity contribution is 5.94. The number of ether oxygens (including phenoxy) is 4. The van der Waals surface area contributed by atoms with Crippen molar-refractivity contribution in [1.29, 1.82) is 0 Å². The summed E-state index contributed by atoms with van der Waals surface area (Å²) in [4.78, 5) is 13.1. The monoisotopic (exact) mass is 498 g/mol. The molecule has 0 heterocycles. The zero-order valence-electron chi connectivity index (χ0n) is 21.3. The van der Waals surface area contributed by atoms with Crippen molar-refractivity contribution in [2.75, 3.05) is 39.6 Å². The van der Waals surface area contributed by atoms with Crippen molar-refractivity contribution in [3.05, 3.63) is 85.0 Å². The lowest BCUT2D eigenvalue weighted by Gasteiger charge is -2.31. The Morgan fingerprint density at radius 3 is 1.42 bits per heavy atom. The highest BCUT2D eigenvalue weighted by Gasteiger charge is 2.42. The smallest absolute Gasteiger partial charge is 0.195 e. The number of carbonyl (C=O) groups is 1. The molecule has 0 saturated carbocycles. The van der Waals surface area contributed by atoms with Crippen LogP contribution in [0.2, 0.25) is 0 Å². The molecule has 0 aliphatic rings. The second kappa shape index (κ2) is 14.6. The Morgan fingerprint density at radius 1 is 0.722 bits per heavy atom. The van der Waals surface area contributed by atoms with Gasteiger partial charge in [0, 0.05) is 12.8 Å². The lowest BCUT2D eigenvalue weighted by atomic mass is 9.80. The summed E-state index contributed by atoms with van der Waals surface area (Å²) in [6.07, 6.45) is 3.47. The number of Topliss-reactive ketones (excluding diaryl/α,β-unsaturated/α-hetero) is 1. The van der Waals surface area contributed by atoms with Gasteiger partial charge in [-0.1, -0.05) is 36.4 Å². The van der Waals surface area contributed by atoms with Gasteiger partial charge < -0.3 is 29.2 Å². The third-order valence-electron chi connectivity index (χ3n) is 5.39. The van der Waals surface area contributed by atoms with Crippen LogP contribution in [0.5, 0.6) is 11.5 Å². The Kier molecular flexibility index (Phi) is 11.8. The topological polar surface area (TPSA) is 94.5 Å². The number of hydrogen-bond acceptors (Lipinski definition) is 7. The van der Waals surface area contributed by atoms with Crippen molar-refractivity contribution >= 4 is 5.78 Å². The summed E-state index contributed by atoms with van der Waals surface area (Å²) >= 11 is 0. The first-order valence-corrected chi connectivity index (χ1v) is 12.0. The lowest BCUT2D eigenvalue weighted by Crippen LogP contribution is -2.52. The van der Waals surface area contributed by atoms with E-state index in [1.54, 1.807) is 60.7 Å². The van der Waals surface area contributed by atoms with Gasteiger partial charge in [0.05, 0.1) is 26.4 Å². The largest absolute Gasteiger partial charge is 0.491 e. The molecule has 0 aliphatic carbocycles. The molecule has 0 saturated heterocycles. The maximum Gasteiger partial charge on any atom is 0.195 e. The summed E-state index contributed by atoms with van der Waals surface area (Å²) in [5, 5.41) is 21.9.